The first kappa shape index (κ1) is 17.8. The molecule has 0 aromatic heterocycles. The third kappa shape index (κ3) is 4.94. The van der Waals surface area contributed by atoms with Gasteiger partial charge in [-0.25, -0.2) is 0 Å². The molecular weight excluding hydrogens is 314 g/mol. The number of carbonyl (C=O) groups excluding carboxylic acids is 2. The Bertz CT molecular complexity index is 563. The number of nitrogens with zero attached hydrogens (tertiary/aromatic N) is 2. The molecule has 1 heterocycles. The summed E-state index contributed by atoms with van der Waals surface area (Å²) in [5, 5.41) is 3.45. The van der Waals surface area contributed by atoms with Crippen LogP contribution in [-0.2, 0) is 4.79 Å². The van der Waals surface area contributed by atoms with Crippen LogP contribution in [0, 0.1) is 0 Å². The third-order valence-corrected chi connectivity index (χ3v) is 4.32. The van der Waals surface area contributed by atoms with Crippen LogP contribution in [0.5, 0.6) is 0 Å². The van der Waals surface area contributed by atoms with Crippen LogP contribution in [0.2, 0.25) is 5.02 Å². The highest BCUT2D eigenvalue weighted by Crippen LogP contribution is 2.18. The summed E-state index contributed by atoms with van der Waals surface area (Å²) in [5.41, 5.74) is 0.569. The van der Waals surface area contributed by atoms with Crippen LogP contribution in [0.1, 0.15) is 29.6 Å². The molecule has 2 amide bonds. The summed E-state index contributed by atoms with van der Waals surface area (Å²) >= 11 is 5.88. The van der Waals surface area contributed by atoms with E-state index in [4.69, 9.17) is 11.6 Å². The Hall–Kier alpha value is -1.59. The minimum atomic E-state index is -0.116. The molecule has 5 nitrogen and oxygen atoms in total. The van der Waals surface area contributed by atoms with E-state index in [1.807, 2.05) is 0 Å². The SMILES string of the molecule is CN(C)C(=O)[C@@H]1CCCN1CCCNC(=O)c1cccc(Cl)c1. The minimum Gasteiger partial charge on any atom is -0.352 e. The van der Waals surface area contributed by atoms with E-state index in [0.717, 1.165) is 32.4 Å². The van der Waals surface area contributed by atoms with Gasteiger partial charge in [0.2, 0.25) is 5.91 Å². The highest BCUT2D eigenvalue weighted by molar-refractivity contribution is 6.30. The van der Waals surface area contributed by atoms with E-state index in [2.05, 4.69) is 10.2 Å². The summed E-state index contributed by atoms with van der Waals surface area (Å²) in [6.45, 7) is 2.36. The second-order valence-corrected chi connectivity index (χ2v) is 6.48. The number of amides is 2. The van der Waals surface area contributed by atoms with Crippen LogP contribution in [-0.4, -0.2) is 61.4 Å². The molecule has 0 radical (unpaired) electrons. The number of halogens is 1. The van der Waals surface area contributed by atoms with Gasteiger partial charge in [0.1, 0.15) is 0 Å². The number of carbonyl (C=O) groups is 2. The van der Waals surface area contributed by atoms with E-state index in [0.29, 0.717) is 17.1 Å². The highest BCUT2D eigenvalue weighted by atomic mass is 35.5. The molecule has 1 aromatic rings. The Morgan fingerprint density at radius 2 is 2.17 bits per heavy atom. The van der Waals surface area contributed by atoms with Crippen molar-refractivity contribution in [2.75, 3.05) is 33.7 Å². The zero-order valence-electron chi connectivity index (χ0n) is 13.7. The van der Waals surface area contributed by atoms with Crippen molar-refractivity contribution in [1.82, 2.24) is 15.1 Å². The van der Waals surface area contributed by atoms with Gasteiger partial charge in [-0.05, 0) is 44.0 Å². The van der Waals surface area contributed by atoms with Crippen molar-refractivity contribution < 1.29 is 9.59 Å². The lowest BCUT2D eigenvalue weighted by molar-refractivity contribution is -0.133. The van der Waals surface area contributed by atoms with Crippen LogP contribution < -0.4 is 5.32 Å². The molecule has 23 heavy (non-hydrogen) atoms. The van der Waals surface area contributed by atoms with Crippen molar-refractivity contribution in [3.05, 3.63) is 34.9 Å². The summed E-state index contributed by atoms with van der Waals surface area (Å²) in [6.07, 6.45) is 2.80. The monoisotopic (exact) mass is 337 g/mol. The molecule has 0 aliphatic carbocycles. The smallest absolute Gasteiger partial charge is 0.251 e. The second kappa shape index (κ2) is 8.31. The normalized spacial score (nSPS) is 18.0. The number of hydrogen-bond acceptors (Lipinski definition) is 3. The predicted octanol–water partition coefficient (Wildman–Crippen LogP) is 2.01. The van der Waals surface area contributed by atoms with Crippen molar-refractivity contribution in [3.8, 4) is 0 Å². The first-order valence-electron chi connectivity index (χ1n) is 7.98. The summed E-state index contributed by atoms with van der Waals surface area (Å²) < 4.78 is 0. The van der Waals surface area contributed by atoms with Gasteiger partial charge in [0.25, 0.3) is 5.91 Å². The van der Waals surface area contributed by atoms with Gasteiger partial charge in [-0.15, -0.1) is 0 Å². The highest BCUT2D eigenvalue weighted by Gasteiger charge is 2.30. The first-order valence-corrected chi connectivity index (χ1v) is 8.36. The molecule has 1 aliphatic rings. The summed E-state index contributed by atoms with van der Waals surface area (Å²) in [5.74, 6) is 0.0558. The van der Waals surface area contributed by atoms with E-state index >= 15 is 0 Å². The molecule has 2 rings (SSSR count). The van der Waals surface area contributed by atoms with E-state index < -0.39 is 0 Å². The van der Waals surface area contributed by atoms with E-state index in [1.165, 1.54) is 0 Å². The minimum absolute atomic E-state index is 0.00590. The molecule has 1 atom stereocenters. The van der Waals surface area contributed by atoms with Crippen molar-refractivity contribution in [3.63, 3.8) is 0 Å². The van der Waals surface area contributed by atoms with Gasteiger partial charge in [-0.3, -0.25) is 14.5 Å². The number of benzene rings is 1. The third-order valence-electron chi connectivity index (χ3n) is 4.08. The molecule has 126 valence electrons. The maximum atomic E-state index is 12.1. The van der Waals surface area contributed by atoms with Crippen LogP contribution >= 0.6 is 11.6 Å². The fraction of sp³-hybridized carbons (Fsp3) is 0.529. The number of nitrogens with one attached hydrogen (secondary N) is 1. The Morgan fingerprint density at radius 1 is 1.39 bits per heavy atom. The fourth-order valence-corrected chi connectivity index (χ4v) is 3.08. The average molecular weight is 338 g/mol. The molecule has 0 unspecified atom stereocenters. The van der Waals surface area contributed by atoms with Crippen molar-refractivity contribution in [2.24, 2.45) is 0 Å². The lowest BCUT2D eigenvalue weighted by atomic mass is 10.2. The van der Waals surface area contributed by atoms with Crippen molar-refractivity contribution in [1.29, 1.82) is 0 Å². The Kier molecular flexibility index (Phi) is 6.42. The molecule has 0 bridgehead atoms. The van der Waals surface area contributed by atoms with E-state index in [1.54, 1.807) is 43.3 Å². The van der Waals surface area contributed by atoms with Gasteiger partial charge in [-0.2, -0.15) is 0 Å². The lowest BCUT2D eigenvalue weighted by Crippen LogP contribution is -2.43. The molecule has 1 aliphatic heterocycles. The van der Waals surface area contributed by atoms with Gasteiger partial charge >= 0.3 is 0 Å². The summed E-state index contributed by atoms with van der Waals surface area (Å²) in [4.78, 5) is 28.0. The van der Waals surface area contributed by atoms with E-state index in [-0.39, 0.29) is 17.9 Å². The average Bonchev–Trinajstić information content (AvgIpc) is 2.98. The number of likely N-dealkylation sites (tertiary alicyclic amines) is 1. The van der Waals surface area contributed by atoms with Crippen LogP contribution in [0.4, 0.5) is 0 Å². The topological polar surface area (TPSA) is 52.7 Å². The van der Waals surface area contributed by atoms with Crippen LogP contribution in [0.15, 0.2) is 24.3 Å². The summed E-state index contributed by atoms with van der Waals surface area (Å²) in [7, 11) is 3.59. The predicted molar refractivity (Wildman–Crippen MR) is 91.7 cm³/mol. The molecule has 1 fully saturated rings. The largest absolute Gasteiger partial charge is 0.352 e. The fourth-order valence-electron chi connectivity index (χ4n) is 2.89. The lowest BCUT2D eigenvalue weighted by Gasteiger charge is -2.26. The van der Waals surface area contributed by atoms with Crippen LogP contribution in [0.3, 0.4) is 0 Å². The van der Waals surface area contributed by atoms with Gasteiger partial charge < -0.3 is 10.2 Å². The Morgan fingerprint density at radius 3 is 2.87 bits per heavy atom. The summed E-state index contributed by atoms with van der Waals surface area (Å²) in [6, 6.07) is 6.90. The number of rotatable bonds is 6. The van der Waals surface area contributed by atoms with Gasteiger partial charge in [0.15, 0.2) is 0 Å². The molecule has 1 aromatic carbocycles. The molecule has 0 spiro atoms. The van der Waals surface area contributed by atoms with Gasteiger partial charge in [-0.1, -0.05) is 17.7 Å². The van der Waals surface area contributed by atoms with Gasteiger partial charge in [0, 0.05) is 37.8 Å². The maximum absolute atomic E-state index is 12.1. The Labute approximate surface area is 142 Å². The number of hydrogen-bond donors (Lipinski definition) is 1. The molecular formula is C17H24ClN3O2. The first-order chi connectivity index (χ1) is 11.0. The van der Waals surface area contributed by atoms with Crippen LogP contribution in [0.25, 0.3) is 0 Å². The number of likely N-dealkylation sites (N-methyl/N-ethyl adjacent to an activating group) is 1. The van der Waals surface area contributed by atoms with Crippen molar-refractivity contribution >= 4 is 23.4 Å². The molecule has 6 heteroatoms. The zero-order valence-corrected chi connectivity index (χ0v) is 14.5. The Balaban J connectivity index is 1.74. The molecule has 0 saturated carbocycles. The standard InChI is InChI=1S/C17H24ClN3O2/c1-20(2)17(23)15-8-4-10-21(15)11-5-9-19-16(22)13-6-3-7-14(18)12-13/h3,6-7,12,15H,4-5,8-11H2,1-2H3,(H,19,22)/t15-/m0/s1. The maximum Gasteiger partial charge on any atom is 0.251 e. The van der Waals surface area contributed by atoms with Gasteiger partial charge in [0.05, 0.1) is 6.04 Å². The van der Waals surface area contributed by atoms with E-state index in [9.17, 15) is 9.59 Å². The van der Waals surface area contributed by atoms with Crippen molar-refractivity contribution in [2.45, 2.75) is 25.3 Å². The quantitative estimate of drug-likeness (QED) is 0.808. The molecule has 1 N–H and O–H groups in total. The zero-order chi connectivity index (χ0) is 16.8. The second-order valence-electron chi connectivity index (χ2n) is 6.05. The molecule has 1 saturated heterocycles.